The lowest BCUT2D eigenvalue weighted by Crippen LogP contribution is -2.53. The van der Waals surface area contributed by atoms with Gasteiger partial charge in [-0.15, -0.1) is 0 Å². The van der Waals surface area contributed by atoms with Crippen molar-refractivity contribution in [3.63, 3.8) is 0 Å². The fourth-order valence-corrected chi connectivity index (χ4v) is 3.69. The van der Waals surface area contributed by atoms with Gasteiger partial charge < -0.3 is 19.9 Å². The van der Waals surface area contributed by atoms with Gasteiger partial charge in [0.15, 0.2) is 0 Å². The third-order valence-corrected chi connectivity index (χ3v) is 4.75. The molecule has 2 saturated heterocycles. The van der Waals surface area contributed by atoms with E-state index in [4.69, 9.17) is 4.74 Å². The summed E-state index contributed by atoms with van der Waals surface area (Å²) in [6, 6.07) is 0. The molecule has 4 heteroatoms. The summed E-state index contributed by atoms with van der Waals surface area (Å²) < 4.78 is 5.57. The van der Waals surface area contributed by atoms with Gasteiger partial charge in [0.2, 0.25) is 0 Å². The van der Waals surface area contributed by atoms with Crippen LogP contribution in [0.3, 0.4) is 0 Å². The Kier molecular flexibility index (Phi) is 6.27. The summed E-state index contributed by atoms with van der Waals surface area (Å²) in [4.78, 5) is 5.30. The highest BCUT2D eigenvalue weighted by molar-refractivity contribution is 4.88. The Morgan fingerprint density at radius 3 is 2.20 bits per heavy atom. The van der Waals surface area contributed by atoms with E-state index in [1.165, 1.54) is 52.1 Å². The van der Waals surface area contributed by atoms with Crippen LogP contribution in [0.4, 0.5) is 0 Å². The van der Waals surface area contributed by atoms with Crippen LogP contribution in [0.25, 0.3) is 0 Å². The lowest BCUT2D eigenvalue weighted by molar-refractivity contribution is -0.0121. The number of rotatable bonds is 6. The molecule has 4 nitrogen and oxygen atoms in total. The van der Waals surface area contributed by atoms with Crippen LogP contribution in [0.5, 0.6) is 0 Å². The van der Waals surface area contributed by atoms with E-state index in [-0.39, 0.29) is 0 Å². The van der Waals surface area contributed by atoms with Gasteiger partial charge in [0, 0.05) is 59.0 Å². The molecule has 2 aliphatic rings. The van der Waals surface area contributed by atoms with E-state index in [2.05, 4.69) is 36.0 Å². The molecule has 118 valence electrons. The Hall–Kier alpha value is -0.160. The lowest BCUT2D eigenvalue weighted by Gasteiger charge is -2.44. The Morgan fingerprint density at radius 1 is 1.05 bits per heavy atom. The summed E-state index contributed by atoms with van der Waals surface area (Å²) in [5, 5.41) is 3.41. The minimum absolute atomic E-state index is 0.438. The Balaban J connectivity index is 1.80. The third kappa shape index (κ3) is 4.69. The Labute approximate surface area is 124 Å². The fourth-order valence-electron chi connectivity index (χ4n) is 3.69. The number of hydrogen-bond acceptors (Lipinski definition) is 4. The molecule has 0 bridgehead atoms. The zero-order valence-corrected chi connectivity index (χ0v) is 13.7. The Morgan fingerprint density at radius 2 is 1.65 bits per heavy atom. The first kappa shape index (κ1) is 16.2. The molecule has 0 saturated carbocycles. The summed E-state index contributed by atoms with van der Waals surface area (Å²) in [7, 11) is 2.08. The zero-order chi connectivity index (χ0) is 14.4. The molecule has 2 heterocycles. The average molecular weight is 283 g/mol. The Bertz CT molecular complexity index is 263. The maximum Gasteiger partial charge on any atom is 0.0472 e. The summed E-state index contributed by atoms with van der Waals surface area (Å²) >= 11 is 0. The quantitative estimate of drug-likeness (QED) is 0.795. The van der Waals surface area contributed by atoms with Crippen molar-refractivity contribution in [2.45, 2.75) is 26.7 Å². The number of ether oxygens (including phenoxy) is 1. The summed E-state index contributed by atoms with van der Waals surface area (Å²) in [5.74, 6) is 0.785. The van der Waals surface area contributed by atoms with Crippen LogP contribution in [0.1, 0.15) is 26.7 Å². The highest BCUT2D eigenvalue weighted by atomic mass is 16.5. The molecular formula is C16H33N3O. The van der Waals surface area contributed by atoms with E-state index in [1.807, 2.05) is 0 Å². The summed E-state index contributed by atoms with van der Waals surface area (Å²) in [6.07, 6.45) is 2.42. The largest absolute Gasteiger partial charge is 0.381 e. The van der Waals surface area contributed by atoms with Crippen molar-refractivity contribution in [3.8, 4) is 0 Å². The molecule has 0 atom stereocenters. The molecule has 0 amide bonds. The molecule has 0 aliphatic carbocycles. The topological polar surface area (TPSA) is 27.7 Å². The lowest BCUT2D eigenvalue weighted by atomic mass is 9.79. The first-order chi connectivity index (χ1) is 9.63. The monoisotopic (exact) mass is 283 g/mol. The van der Waals surface area contributed by atoms with Gasteiger partial charge in [-0.1, -0.05) is 13.8 Å². The highest BCUT2D eigenvalue weighted by Crippen LogP contribution is 2.31. The first-order valence-corrected chi connectivity index (χ1v) is 8.31. The van der Waals surface area contributed by atoms with Crippen LogP contribution in [-0.4, -0.2) is 75.9 Å². The van der Waals surface area contributed by atoms with Crippen LogP contribution in [0, 0.1) is 11.3 Å². The van der Waals surface area contributed by atoms with E-state index in [0.29, 0.717) is 5.41 Å². The normalized spacial score (nSPS) is 25.2. The minimum atomic E-state index is 0.438. The predicted octanol–water partition coefficient (Wildman–Crippen LogP) is 1.28. The highest BCUT2D eigenvalue weighted by Gasteiger charge is 2.34. The number of nitrogens with zero attached hydrogens (tertiary/aromatic N) is 2. The van der Waals surface area contributed by atoms with Crippen molar-refractivity contribution >= 4 is 0 Å². The second-order valence-electron chi connectivity index (χ2n) is 7.11. The van der Waals surface area contributed by atoms with E-state index < -0.39 is 0 Å². The molecule has 2 rings (SSSR count). The summed E-state index contributed by atoms with van der Waals surface area (Å²) in [6.45, 7) is 15.1. The number of nitrogens with one attached hydrogen (secondary N) is 1. The second-order valence-corrected chi connectivity index (χ2v) is 7.11. The van der Waals surface area contributed by atoms with Crippen LogP contribution in [-0.2, 0) is 4.74 Å². The van der Waals surface area contributed by atoms with E-state index in [0.717, 1.165) is 25.7 Å². The molecule has 0 aromatic carbocycles. The smallest absolute Gasteiger partial charge is 0.0472 e. The van der Waals surface area contributed by atoms with Crippen LogP contribution in [0.15, 0.2) is 0 Å². The maximum absolute atomic E-state index is 5.57. The predicted molar refractivity (Wildman–Crippen MR) is 84.1 cm³/mol. The van der Waals surface area contributed by atoms with Gasteiger partial charge in [0.1, 0.15) is 0 Å². The van der Waals surface area contributed by atoms with Crippen molar-refractivity contribution in [1.82, 2.24) is 15.1 Å². The molecule has 0 unspecified atom stereocenters. The molecule has 0 radical (unpaired) electrons. The zero-order valence-electron chi connectivity index (χ0n) is 13.7. The standard InChI is InChI=1S/C16H33N3O/c1-15(2)12-18-6-8-19(9-7-18)14-16(13-17-3)4-10-20-11-5-16/h15,17H,4-14H2,1-3H3. The molecule has 2 fully saturated rings. The fraction of sp³-hybridized carbons (Fsp3) is 1.00. The first-order valence-electron chi connectivity index (χ1n) is 8.31. The molecule has 0 aromatic rings. The van der Waals surface area contributed by atoms with Gasteiger partial charge in [-0.3, -0.25) is 0 Å². The van der Waals surface area contributed by atoms with Gasteiger partial charge in [0.05, 0.1) is 0 Å². The van der Waals surface area contributed by atoms with Crippen molar-refractivity contribution in [3.05, 3.63) is 0 Å². The number of piperazine rings is 1. The molecule has 1 N–H and O–H groups in total. The SMILES string of the molecule is CNCC1(CN2CCN(CC(C)C)CC2)CCOCC1. The van der Waals surface area contributed by atoms with E-state index in [9.17, 15) is 0 Å². The molecule has 0 spiro atoms. The van der Waals surface area contributed by atoms with Crippen LogP contribution < -0.4 is 5.32 Å². The summed E-state index contributed by atoms with van der Waals surface area (Å²) in [5.41, 5.74) is 0.438. The van der Waals surface area contributed by atoms with Crippen LogP contribution >= 0.6 is 0 Å². The number of hydrogen-bond donors (Lipinski definition) is 1. The van der Waals surface area contributed by atoms with Gasteiger partial charge in [0.25, 0.3) is 0 Å². The second kappa shape index (κ2) is 7.74. The van der Waals surface area contributed by atoms with Crippen LogP contribution in [0.2, 0.25) is 0 Å². The van der Waals surface area contributed by atoms with Gasteiger partial charge in [-0.25, -0.2) is 0 Å². The third-order valence-electron chi connectivity index (χ3n) is 4.75. The van der Waals surface area contributed by atoms with Gasteiger partial charge >= 0.3 is 0 Å². The molecular weight excluding hydrogens is 250 g/mol. The molecule has 20 heavy (non-hydrogen) atoms. The van der Waals surface area contributed by atoms with Crippen molar-refractivity contribution in [2.75, 3.05) is 66.1 Å². The van der Waals surface area contributed by atoms with Crippen molar-refractivity contribution in [1.29, 1.82) is 0 Å². The maximum atomic E-state index is 5.57. The van der Waals surface area contributed by atoms with Gasteiger partial charge in [-0.2, -0.15) is 0 Å². The van der Waals surface area contributed by atoms with Gasteiger partial charge in [-0.05, 0) is 31.2 Å². The van der Waals surface area contributed by atoms with Crippen molar-refractivity contribution in [2.24, 2.45) is 11.3 Å². The molecule has 0 aromatic heterocycles. The van der Waals surface area contributed by atoms with E-state index >= 15 is 0 Å². The van der Waals surface area contributed by atoms with Crippen molar-refractivity contribution < 1.29 is 4.74 Å². The van der Waals surface area contributed by atoms with E-state index in [1.54, 1.807) is 0 Å². The molecule has 2 aliphatic heterocycles. The average Bonchev–Trinajstić information content (AvgIpc) is 2.42. The minimum Gasteiger partial charge on any atom is -0.381 e.